The molecule has 0 saturated carbocycles. The molecule has 1 aromatic heterocycles. The first kappa shape index (κ1) is 17.7. The van der Waals surface area contributed by atoms with Crippen molar-refractivity contribution in [2.75, 3.05) is 13.2 Å². The van der Waals surface area contributed by atoms with Crippen LogP contribution >= 0.6 is 34.5 Å². The molecule has 25 heavy (non-hydrogen) atoms. The Morgan fingerprint density at radius 1 is 1.04 bits per heavy atom. The zero-order valence-corrected chi connectivity index (χ0v) is 15.3. The van der Waals surface area contributed by atoms with Crippen LogP contribution in [0.1, 0.15) is 20.0 Å². The van der Waals surface area contributed by atoms with Gasteiger partial charge in [0.05, 0.1) is 17.1 Å². The quantitative estimate of drug-likeness (QED) is 0.500. The number of thiophene rings is 1. The van der Waals surface area contributed by atoms with E-state index >= 15 is 0 Å². The number of amides is 1. The number of fused-ring (bicyclic) bond motifs is 1. The lowest BCUT2D eigenvalue weighted by Crippen LogP contribution is -2.27. The largest absolute Gasteiger partial charge is 0.460 e. The summed E-state index contributed by atoms with van der Waals surface area (Å²) in [7, 11) is 0. The van der Waals surface area contributed by atoms with Crippen molar-refractivity contribution in [1.82, 2.24) is 5.32 Å². The van der Waals surface area contributed by atoms with Crippen molar-refractivity contribution >= 4 is 56.5 Å². The number of hydrogen-bond acceptors (Lipinski definition) is 4. The van der Waals surface area contributed by atoms with Gasteiger partial charge in [-0.3, -0.25) is 4.79 Å². The van der Waals surface area contributed by atoms with Crippen molar-refractivity contribution in [3.63, 3.8) is 0 Å². The normalized spacial score (nSPS) is 10.6. The Morgan fingerprint density at radius 3 is 2.48 bits per heavy atom. The Hall–Kier alpha value is -2.08. The van der Waals surface area contributed by atoms with Gasteiger partial charge < -0.3 is 10.1 Å². The number of esters is 1. The number of benzene rings is 2. The highest BCUT2D eigenvalue weighted by Gasteiger charge is 2.16. The number of carbonyl (C=O) groups excluding carboxylic acids is 2. The van der Waals surface area contributed by atoms with E-state index in [-0.39, 0.29) is 19.1 Å². The van der Waals surface area contributed by atoms with Gasteiger partial charge in [-0.05, 0) is 30.3 Å². The predicted octanol–water partition coefficient (Wildman–Crippen LogP) is 4.79. The summed E-state index contributed by atoms with van der Waals surface area (Å²) in [6.45, 7) is 0.262. The maximum Gasteiger partial charge on any atom is 0.338 e. The number of ether oxygens (including phenoxy) is 1. The molecule has 3 aromatic rings. The van der Waals surface area contributed by atoms with Gasteiger partial charge in [-0.15, -0.1) is 11.3 Å². The van der Waals surface area contributed by atoms with Crippen LogP contribution in [0.2, 0.25) is 10.0 Å². The first-order chi connectivity index (χ1) is 12.1. The molecule has 0 aliphatic heterocycles. The molecule has 0 spiro atoms. The molecule has 7 heteroatoms. The van der Waals surface area contributed by atoms with Gasteiger partial charge in [0.25, 0.3) is 5.91 Å². The standard InChI is InChI=1S/C18H13Cl2NO3S/c19-12-7-5-11(6-8-12)18(23)24-10-9-21-17(22)16-15(20)13-3-1-2-4-14(13)25-16/h1-8H,9-10H2,(H,21,22). The molecule has 0 unspecified atom stereocenters. The Balaban J connectivity index is 1.53. The lowest BCUT2D eigenvalue weighted by molar-refractivity contribution is 0.0503. The second kappa shape index (κ2) is 7.87. The molecule has 1 heterocycles. The van der Waals surface area contributed by atoms with Crippen molar-refractivity contribution < 1.29 is 14.3 Å². The van der Waals surface area contributed by atoms with E-state index in [9.17, 15) is 9.59 Å². The Labute approximate surface area is 158 Å². The fourth-order valence-corrected chi connectivity index (χ4v) is 3.78. The molecule has 0 aliphatic rings. The van der Waals surface area contributed by atoms with E-state index in [0.717, 1.165) is 10.1 Å². The second-order valence-electron chi connectivity index (χ2n) is 5.14. The summed E-state index contributed by atoms with van der Waals surface area (Å²) >= 11 is 13.4. The second-order valence-corrected chi connectivity index (χ2v) is 7.01. The minimum atomic E-state index is -0.467. The molecule has 2 aromatic carbocycles. The van der Waals surface area contributed by atoms with E-state index in [1.807, 2.05) is 24.3 Å². The molecule has 0 bridgehead atoms. The number of carbonyl (C=O) groups is 2. The molecule has 128 valence electrons. The maximum absolute atomic E-state index is 12.2. The van der Waals surface area contributed by atoms with E-state index in [0.29, 0.717) is 20.5 Å². The molecule has 0 saturated heterocycles. The first-order valence-electron chi connectivity index (χ1n) is 7.44. The summed E-state index contributed by atoms with van der Waals surface area (Å²) in [6.07, 6.45) is 0. The van der Waals surface area contributed by atoms with Gasteiger partial charge in [0.2, 0.25) is 0 Å². The van der Waals surface area contributed by atoms with Gasteiger partial charge in [0.15, 0.2) is 0 Å². The molecule has 0 fully saturated rings. The smallest absolute Gasteiger partial charge is 0.338 e. The fourth-order valence-electron chi connectivity index (χ4n) is 2.22. The highest BCUT2D eigenvalue weighted by atomic mass is 35.5. The van der Waals surface area contributed by atoms with Gasteiger partial charge in [-0.1, -0.05) is 41.4 Å². The maximum atomic E-state index is 12.2. The Bertz CT molecular complexity index is 922. The predicted molar refractivity (Wildman–Crippen MR) is 101 cm³/mol. The first-order valence-corrected chi connectivity index (χ1v) is 9.01. The number of halogens is 2. The van der Waals surface area contributed by atoms with Gasteiger partial charge in [0, 0.05) is 15.1 Å². The minimum Gasteiger partial charge on any atom is -0.460 e. The van der Waals surface area contributed by atoms with Gasteiger partial charge in [-0.2, -0.15) is 0 Å². The average molecular weight is 394 g/mol. The zero-order chi connectivity index (χ0) is 17.8. The van der Waals surface area contributed by atoms with Crippen LogP contribution in [0.5, 0.6) is 0 Å². The third kappa shape index (κ3) is 4.12. The summed E-state index contributed by atoms with van der Waals surface area (Å²) in [5, 5.41) is 4.55. The molecule has 3 rings (SSSR count). The van der Waals surface area contributed by atoms with E-state index in [1.165, 1.54) is 11.3 Å². The van der Waals surface area contributed by atoms with Gasteiger partial charge in [0.1, 0.15) is 11.5 Å². The lowest BCUT2D eigenvalue weighted by atomic mass is 10.2. The van der Waals surface area contributed by atoms with Crippen LogP contribution in [-0.4, -0.2) is 25.0 Å². The third-order valence-corrected chi connectivity index (χ3v) is 5.37. The summed E-state index contributed by atoms with van der Waals surface area (Å²) in [6, 6.07) is 14.0. The van der Waals surface area contributed by atoms with E-state index in [4.69, 9.17) is 27.9 Å². The molecule has 4 nitrogen and oxygen atoms in total. The van der Waals surface area contributed by atoms with Crippen LogP contribution in [0, 0.1) is 0 Å². The third-order valence-electron chi connectivity index (χ3n) is 3.44. The fraction of sp³-hybridized carbons (Fsp3) is 0.111. The van der Waals surface area contributed by atoms with Crippen LogP contribution < -0.4 is 5.32 Å². The van der Waals surface area contributed by atoms with E-state index in [1.54, 1.807) is 24.3 Å². The lowest BCUT2D eigenvalue weighted by Gasteiger charge is -2.06. The van der Waals surface area contributed by atoms with Crippen molar-refractivity contribution in [3.05, 3.63) is 69.0 Å². The summed E-state index contributed by atoms with van der Waals surface area (Å²) in [5.41, 5.74) is 0.406. The van der Waals surface area contributed by atoms with Crippen molar-refractivity contribution in [3.8, 4) is 0 Å². The molecule has 0 aliphatic carbocycles. The Kier molecular flexibility index (Phi) is 5.58. The van der Waals surface area contributed by atoms with Crippen LogP contribution in [0.25, 0.3) is 10.1 Å². The Morgan fingerprint density at radius 2 is 1.76 bits per heavy atom. The van der Waals surface area contributed by atoms with Crippen molar-refractivity contribution in [2.45, 2.75) is 0 Å². The van der Waals surface area contributed by atoms with Crippen molar-refractivity contribution in [2.24, 2.45) is 0 Å². The topological polar surface area (TPSA) is 55.4 Å². The number of hydrogen-bond donors (Lipinski definition) is 1. The van der Waals surface area contributed by atoms with Crippen LogP contribution in [0.3, 0.4) is 0 Å². The minimum absolute atomic E-state index is 0.0652. The van der Waals surface area contributed by atoms with Gasteiger partial charge in [-0.25, -0.2) is 4.79 Å². The molecular formula is C18H13Cl2NO3S. The molecule has 1 amide bonds. The zero-order valence-electron chi connectivity index (χ0n) is 12.9. The van der Waals surface area contributed by atoms with Crippen molar-refractivity contribution in [1.29, 1.82) is 0 Å². The SMILES string of the molecule is O=C(OCCNC(=O)c1sc2ccccc2c1Cl)c1ccc(Cl)cc1. The highest BCUT2D eigenvalue weighted by Crippen LogP contribution is 2.34. The molecular weight excluding hydrogens is 381 g/mol. The van der Waals surface area contributed by atoms with Crippen LogP contribution in [-0.2, 0) is 4.74 Å². The van der Waals surface area contributed by atoms with Crippen LogP contribution in [0.15, 0.2) is 48.5 Å². The number of rotatable bonds is 5. The van der Waals surface area contributed by atoms with E-state index < -0.39 is 5.97 Å². The summed E-state index contributed by atoms with van der Waals surface area (Å²) in [5.74, 6) is -0.750. The average Bonchev–Trinajstić information content (AvgIpc) is 2.96. The summed E-state index contributed by atoms with van der Waals surface area (Å²) < 4.78 is 6.07. The van der Waals surface area contributed by atoms with E-state index in [2.05, 4.69) is 5.32 Å². The monoisotopic (exact) mass is 393 g/mol. The molecule has 1 N–H and O–H groups in total. The molecule has 0 atom stereocenters. The summed E-state index contributed by atoms with van der Waals surface area (Å²) in [4.78, 5) is 24.5. The molecule has 0 radical (unpaired) electrons. The highest BCUT2D eigenvalue weighted by molar-refractivity contribution is 7.21. The van der Waals surface area contributed by atoms with Gasteiger partial charge >= 0.3 is 5.97 Å². The van der Waals surface area contributed by atoms with Crippen LogP contribution in [0.4, 0.5) is 0 Å². The number of nitrogens with one attached hydrogen (secondary N) is 1.